The maximum atomic E-state index is 12.6. The van der Waals surface area contributed by atoms with E-state index < -0.39 is 5.91 Å². The van der Waals surface area contributed by atoms with Gasteiger partial charge in [-0.25, -0.2) is 5.48 Å². The Morgan fingerprint density at radius 1 is 1.22 bits per heavy atom. The zero-order chi connectivity index (χ0) is 16.5. The summed E-state index contributed by atoms with van der Waals surface area (Å²) in [4.78, 5) is 25.6. The Labute approximate surface area is 136 Å². The lowest BCUT2D eigenvalue weighted by Crippen LogP contribution is -2.33. The molecule has 1 aromatic carbocycles. The number of nitrogens with zero attached hydrogens (tertiary/aromatic N) is 1. The molecule has 0 unspecified atom stereocenters. The van der Waals surface area contributed by atoms with Gasteiger partial charge in [-0.05, 0) is 37.7 Å². The number of hydrogen-bond donors (Lipinski definition) is 2. The fraction of sp³-hybridized carbons (Fsp3) is 0.444. The lowest BCUT2D eigenvalue weighted by atomic mass is 10.1. The highest BCUT2D eigenvalue weighted by Gasteiger charge is 2.20. The Hall–Kier alpha value is -2.14. The average Bonchev–Trinajstić information content (AvgIpc) is 2.76. The third kappa shape index (κ3) is 5.53. The Balaban J connectivity index is 1.85. The second-order valence-electron chi connectivity index (χ2n) is 5.79. The van der Waals surface area contributed by atoms with E-state index in [1.165, 1.54) is 5.56 Å². The van der Waals surface area contributed by atoms with Crippen LogP contribution < -0.4 is 5.48 Å². The summed E-state index contributed by atoms with van der Waals surface area (Å²) in [5.41, 5.74) is 3.58. The van der Waals surface area contributed by atoms with Crippen molar-refractivity contribution in [1.29, 1.82) is 0 Å². The largest absolute Gasteiger partial charge is 0.339 e. The minimum absolute atomic E-state index is 0.0290. The van der Waals surface area contributed by atoms with Crippen molar-refractivity contribution >= 4 is 11.8 Å². The molecule has 124 valence electrons. The normalized spacial score (nSPS) is 15.1. The van der Waals surface area contributed by atoms with Crippen LogP contribution in [0.25, 0.3) is 0 Å². The monoisotopic (exact) mass is 316 g/mol. The molecule has 2 rings (SSSR count). The van der Waals surface area contributed by atoms with E-state index in [0.29, 0.717) is 12.0 Å². The van der Waals surface area contributed by atoms with Crippen LogP contribution in [-0.4, -0.2) is 35.0 Å². The van der Waals surface area contributed by atoms with Crippen LogP contribution in [0.2, 0.25) is 0 Å². The van der Waals surface area contributed by atoms with Gasteiger partial charge in [0.15, 0.2) is 0 Å². The highest BCUT2D eigenvalue weighted by atomic mass is 16.5. The molecule has 0 saturated carbocycles. The Kier molecular flexibility index (Phi) is 6.81. The zero-order valence-electron chi connectivity index (χ0n) is 13.3. The molecule has 0 atom stereocenters. The van der Waals surface area contributed by atoms with Crippen molar-refractivity contribution in [2.24, 2.45) is 0 Å². The van der Waals surface area contributed by atoms with Crippen molar-refractivity contribution in [3.05, 3.63) is 47.5 Å². The number of carbonyl (C=O) groups excluding carboxylic acids is 2. The summed E-state index contributed by atoms with van der Waals surface area (Å²) >= 11 is 0. The smallest absolute Gasteiger partial charge is 0.249 e. The fourth-order valence-electron chi connectivity index (χ4n) is 2.80. The number of hydroxylamine groups is 1. The van der Waals surface area contributed by atoms with E-state index in [0.717, 1.165) is 38.8 Å². The fourth-order valence-corrected chi connectivity index (χ4v) is 2.80. The first-order valence-corrected chi connectivity index (χ1v) is 8.16. The number of aryl methyl sites for hydroxylation is 1. The van der Waals surface area contributed by atoms with E-state index in [4.69, 9.17) is 5.21 Å². The van der Waals surface area contributed by atoms with Crippen molar-refractivity contribution < 1.29 is 14.8 Å². The van der Waals surface area contributed by atoms with E-state index >= 15 is 0 Å². The predicted molar refractivity (Wildman–Crippen MR) is 87.8 cm³/mol. The van der Waals surface area contributed by atoms with Crippen molar-refractivity contribution in [3.8, 4) is 0 Å². The molecule has 1 aliphatic rings. The molecule has 0 fully saturated rings. The number of amides is 2. The van der Waals surface area contributed by atoms with E-state index in [1.54, 1.807) is 5.48 Å². The minimum atomic E-state index is -0.460. The first kappa shape index (κ1) is 17.2. The molecule has 2 N–H and O–H groups in total. The summed E-state index contributed by atoms with van der Waals surface area (Å²) in [6, 6.07) is 10.3. The predicted octanol–water partition coefficient (Wildman–Crippen LogP) is 2.45. The van der Waals surface area contributed by atoms with Crippen molar-refractivity contribution in [2.45, 2.75) is 38.5 Å². The maximum absolute atomic E-state index is 12.6. The number of carbonyl (C=O) groups is 2. The maximum Gasteiger partial charge on any atom is 0.249 e. The van der Waals surface area contributed by atoms with Gasteiger partial charge in [0.05, 0.1) is 0 Å². The molecule has 1 aliphatic heterocycles. The van der Waals surface area contributed by atoms with Gasteiger partial charge in [-0.15, -0.1) is 0 Å². The molecule has 1 aromatic rings. The van der Waals surface area contributed by atoms with Crippen LogP contribution >= 0.6 is 0 Å². The van der Waals surface area contributed by atoms with Crippen LogP contribution in [0.1, 0.15) is 37.7 Å². The number of hydrogen-bond acceptors (Lipinski definition) is 3. The van der Waals surface area contributed by atoms with Gasteiger partial charge in [0.25, 0.3) is 0 Å². The minimum Gasteiger partial charge on any atom is -0.339 e. The molecule has 23 heavy (non-hydrogen) atoms. The number of benzene rings is 1. The third-order valence-electron chi connectivity index (χ3n) is 4.07. The molecule has 5 nitrogen and oxygen atoms in total. The molecule has 0 aromatic heterocycles. The van der Waals surface area contributed by atoms with Crippen molar-refractivity contribution in [2.75, 3.05) is 13.1 Å². The summed E-state index contributed by atoms with van der Waals surface area (Å²) in [6.07, 6.45) is 6.14. The first-order chi connectivity index (χ1) is 11.2. The van der Waals surface area contributed by atoms with Crippen molar-refractivity contribution in [1.82, 2.24) is 10.4 Å². The summed E-state index contributed by atoms with van der Waals surface area (Å²) < 4.78 is 0. The molecule has 0 bridgehead atoms. The van der Waals surface area contributed by atoms with Crippen LogP contribution in [0.4, 0.5) is 0 Å². The standard InChI is InChI=1S/C18H24N2O3/c21-17(19-23)12-11-16-10-4-5-13-20(18(16)22)14-6-9-15-7-2-1-3-8-15/h1-3,7-8,10,23H,4-6,9,11-14H2,(H,19,21). The number of allylic oxidation sites excluding steroid dienone is 1. The van der Waals surface area contributed by atoms with Gasteiger partial charge in [0.2, 0.25) is 11.8 Å². The molecular formula is C18H24N2O3. The average molecular weight is 316 g/mol. The lowest BCUT2D eigenvalue weighted by Gasteiger charge is -2.22. The number of nitrogens with one attached hydrogen (secondary N) is 1. The first-order valence-electron chi connectivity index (χ1n) is 8.16. The topological polar surface area (TPSA) is 69.6 Å². The summed E-state index contributed by atoms with van der Waals surface area (Å²) in [7, 11) is 0. The lowest BCUT2D eigenvalue weighted by molar-refractivity contribution is -0.129. The Morgan fingerprint density at radius 2 is 2.00 bits per heavy atom. The van der Waals surface area contributed by atoms with Gasteiger partial charge in [-0.2, -0.15) is 0 Å². The molecule has 1 heterocycles. The molecule has 0 radical (unpaired) electrons. The van der Waals surface area contributed by atoms with Crippen LogP contribution in [-0.2, 0) is 16.0 Å². The second-order valence-corrected chi connectivity index (χ2v) is 5.79. The van der Waals surface area contributed by atoms with Gasteiger partial charge < -0.3 is 4.90 Å². The van der Waals surface area contributed by atoms with Crippen LogP contribution in [0.5, 0.6) is 0 Å². The highest BCUT2D eigenvalue weighted by Crippen LogP contribution is 2.17. The molecule has 5 heteroatoms. The quantitative estimate of drug-likeness (QED) is 0.600. The molecule has 0 aliphatic carbocycles. The summed E-state index contributed by atoms with van der Waals surface area (Å²) in [5.74, 6) is -0.431. The van der Waals surface area contributed by atoms with E-state index in [1.807, 2.05) is 29.2 Å². The Bertz CT molecular complexity index is 555. The molecule has 0 saturated heterocycles. The highest BCUT2D eigenvalue weighted by molar-refractivity contribution is 5.94. The molecule has 2 amide bonds. The molecule has 0 spiro atoms. The summed E-state index contributed by atoms with van der Waals surface area (Å²) in [6.45, 7) is 1.50. The second kappa shape index (κ2) is 9.10. The van der Waals surface area contributed by atoms with E-state index in [9.17, 15) is 9.59 Å². The molecular weight excluding hydrogens is 292 g/mol. The van der Waals surface area contributed by atoms with E-state index in [2.05, 4.69) is 12.1 Å². The van der Waals surface area contributed by atoms with Gasteiger partial charge >= 0.3 is 0 Å². The Morgan fingerprint density at radius 3 is 2.74 bits per heavy atom. The van der Waals surface area contributed by atoms with Crippen LogP contribution in [0.3, 0.4) is 0 Å². The van der Waals surface area contributed by atoms with Crippen LogP contribution in [0.15, 0.2) is 42.0 Å². The third-order valence-corrected chi connectivity index (χ3v) is 4.07. The van der Waals surface area contributed by atoms with Gasteiger partial charge in [0, 0.05) is 25.1 Å². The SMILES string of the molecule is O=C(CCC1=CCCCN(CCCc2ccccc2)C1=O)NO. The summed E-state index contributed by atoms with van der Waals surface area (Å²) in [5, 5.41) is 8.55. The van der Waals surface area contributed by atoms with Gasteiger partial charge in [0.1, 0.15) is 0 Å². The van der Waals surface area contributed by atoms with E-state index in [-0.39, 0.29) is 12.3 Å². The van der Waals surface area contributed by atoms with Crippen molar-refractivity contribution in [3.63, 3.8) is 0 Å². The van der Waals surface area contributed by atoms with Crippen LogP contribution in [0, 0.1) is 0 Å². The number of rotatable bonds is 7. The van der Waals surface area contributed by atoms with Gasteiger partial charge in [-0.1, -0.05) is 36.4 Å². The zero-order valence-corrected chi connectivity index (χ0v) is 13.3. The van der Waals surface area contributed by atoms with Gasteiger partial charge in [-0.3, -0.25) is 14.8 Å².